The molecule has 3 aromatic rings. The number of carbonyl (C=O) groups is 1. The van der Waals surface area contributed by atoms with E-state index in [9.17, 15) is 4.79 Å². The SMILES string of the molecule is COc1ccc2c(c1)C(=O)CC1(CCN(c3nc4cc(Cl)ccc4o3)CC1)O2. The van der Waals surface area contributed by atoms with E-state index in [0.717, 1.165) is 18.4 Å². The molecule has 0 amide bonds. The lowest BCUT2D eigenvalue weighted by molar-refractivity contribution is 0.0226. The summed E-state index contributed by atoms with van der Waals surface area (Å²) in [6.07, 6.45) is 1.83. The Morgan fingerprint density at radius 3 is 2.79 bits per heavy atom. The van der Waals surface area contributed by atoms with Crippen LogP contribution in [0.2, 0.25) is 5.02 Å². The largest absolute Gasteiger partial charge is 0.497 e. The van der Waals surface area contributed by atoms with Gasteiger partial charge in [0.2, 0.25) is 0 Å². The molecule has 0 unspecified atom stereocenters. The summed E-state index contributed by atoms with van der Waals surface area (Å²) < 4.78 is 17.4. The molecule has 0 atom stereocenters. The summed E-state index contributed by atoms with van der Waals surface area (Å²) in [5, 5.41) is 0.634. The van der Waals surface area contributed by atoms with E-state index in [1.165, 1.54) is 0 Å². The Kier molecular flexibility index (Phi) is 3.98. The van der Waals surface area contributed by atoms with Gasteiger partial charge in [0.1, 0.15) is 22.6 Å². The van der Waals surface area contributed by atoms with Crippen LogP contribution in [-0.4, -0.2) is 36.6 Å². The van der Waals surface area contributed by atoms with Crippen LogP contribution in [0.5, 0.6) is 11.5 Å². The van der Waals surface area contributed by atoms with Crippen molar-refractivity contribution in [1.82, 2.24) is 4.98 Å². The number of halogens is 1. The maximum Gasteiger partial charge on any atom is 0.298 e. The molecule has 0 N–H and O–H groups in total. The number of nitrogens with zero attached hydrogens (tertiary/aromatic N) is 2. The van der Waals surface area contributed by atoms with E-state index in [4.69, 9.17) is 25.5 Å². The number of Topliss-reactive ketones (excluding diaryl/α,β-unsaturated/α-hetero) is 1. The molecule has 144 valence electrons. The molecule has 2 aliphatic rings. The minimum Gasteiger partial charge on any atom is -0.497 e. The lowest BCUT2D eigenvalue weighted by Gasteiger charge is -2.43. The zero-order valence-electron chi connectivity index (χ0n) is 15.4. The van der Waals surface area contributed by atoms with Gasteiger partial charge in [-0.3, -0.25) is 4.79 Å². The topological polar surface area (TPSA) is 64.8 Å². The van der Waals surface area contributed by atoms with Crippen LogP contribution in [0.15, 0.2) is 40.8 Å². The third-order valence-electron chi connectivity index (χ3n) is 5.58. The molecule has 3 heterocycles. The maximum absolute atomic E-state index is 12.7. The lowest BCUT2D eigenvalue weighted by Crippen LogP contribution is -2.51. The number of oxazole rings is 1. The third kappa shape index (κ3) is 2.88. The molecule has 6 nitrogen and oxygen atoms in total. The summed E-state index contributed by atoms with van der Waals surface area (Å²) in [7, 11) is 1.59. The van der Waals surface area contributed by atoms with Gasteiger partial charge >= 0.3 is 0 Å². The summed E-state index contributed by atoms with van der Waals surface area (Å²) >= 11 is 6.03. The number of carbonyl (C=O) groups excluding carboxylic acids is 1. The van der Waals surface area contributed by atoms with Crippen molar-refractivity contribution in [2.75, 3.05) is 25.1 Å². The number of anilines is 1. The van der Waals surface area contributed by atoms with Crippen molar-refractivity contribution in [3.63, 3.8) is 0 Å². The lowest BCUT2D eigenvalue weighted by atomic mass is 9.82. The number of ketones is 1. The van der Waals surface area contributed by atoms with Crippen LogP contribution >= 0.6 is 11.6 Å². The van der Waals surface area contributed by atoms with Crippen molar-refractivity contribution in [3.05, 3.63) is 47.0 Å². The standard InChI is InChI=1S/C21H19ClN2O4/c1-26-14-3-5-18-15(11-14)17(25)12-21(28-18)6-8-24(9-7-21)20-23-16-10-13(22)2-4-19(16)27-20/h2-5,10-11H,6-9,12H2,1H3. The summed E-state index contributed by atoms with van der Waals surface area (Å²) in [4.78, 5) is 19.4. The van der Waals surface area contributed by atoms with E-state index < -0.39 is 5.60 Å². The Bertz CT molecular complexity index is 1070. The van der Waals surface area contributed by atoms with Crippen molar-refractivity contribution >= 4 is 34.5 Å². The van der Waals surface area contributed by atoms with Crippen LogP contribution in [0.1, 0.15) is 29.6 Å². The molecule has 0 bridgehead atoms. The second-order valence-electron chi connectivity index (χ2n) is 7.34. The second-order valence-corrected chi connectivity index (χ2v) is 7.78. The molecule has 1 spiro atoms. The molecule has 0 aliphatic carbocycles. The number of hydrogen-bond donors (Lipinski definition) is 0. The molecule has 1 fully saturated rings. The van der Waals surface area contributed by atoms with E-state index in [-0.39, 0.29) is 5.78 Å². The molecule has 0 saturated carbocycles. The first-order chi connectivity index (χ1) is 13.5. The van der Waals surface area contributed by atoms with Gasteiger partial charge in [-0.1, -0.05) is 11.6 Å². The Balaban J connectivity index is 1.35. The van der Waals surface area contributed by atoms with Gasteiger partial charge in [-0.2, -0.15) is 4.98 Å². The zero-order valence-corrected chi connectivity index (χ0v) is 16.2. The molecule has 1 aromatic heterocycles. The summed E-state index contributed by atoms with van der Waals surface area (Å²) in [5.74, 6) is 1.41. The van der Waals surface area contributed by atoms with E-state index >= 15 is 0 Å². The van der Waals surface area contributed by atoms with Gasteiger partial charge in [-0.05, 0) is 36.4 Å². The van der Waals surface area contributed by atoms with E-state index in [1.807, 2.05) is 18.2 Å². The number of piperidine rings is 1. The highest BCUT2D eigenvalue weighted by molar-refractivity contribution is 6.31. The van der Waals surface area contributed by atoms with Gasteiger partial charge in [0.25, 0.3) is 6.01 Å². The first kappa shape index (κ1) is 17.4. The predicted molar refractivity (Wildman–Crippen MR) is 106 cm³/mol. The van der Waals surface area contributed by atoms with Crippen LogP contribution < -0.4 is 14.4 Å². The van der Waals surface area contributed by atoms with Gasteiger partial charge in [0, 0.05) is 31.0 Å². The summed E-state index contributed by atoms with van der Waals surface area (Å²) in [6, 6.07) is 11.4. The molecule has 2 aliphatic heterocycles. The number of methoxy groups -OCH3 is 1. The Morgan fingerprint density at radius 1 is 1.18 bits per heavy atom. The highest BCUT2D eigenvalue weighted by Gasteiger charge is 2.43. The fourth-order valence-corrected chi connectivity index (χ4v) is 4.17. The molecule has 2 aromatic carbocycles. The Hall–Kier alpha value is -2.73. The smallest absolute Gasteiger partial charge is 0.298 e. The number of rotatable bonds is 2. The minimum atomic E-state index is -0.468. The number of benzene rings is 2. The van der Waals surface area contributed by atoms with E-state index in [2.05, 4.69) is 9.88 Å². The van der Waals surface area contributed by atoms with Gasteiger partial charge < -0.3 is 18.8 Å². The first-order valence-corrected chi connectivity index (χ1v) is 9.64. The fourth-order valence-electron chi connectivity index (χ4n) is 4.01. The van der Waals surface area contributed by atoms with Gasteiger partial charge in [0.05, 0.1) is 19.1 Å². The van der Waals surface area contributed by atoms with E-state index in [0.29, 0.717) is 53.2 Å². The third-order valence-corrected chi connectivity index (χ3v) is 5.81. The monoisotopic (exact) mass is 398 g/mol. The maximum atomic E-state index is 12.7. The predicted octanol–water partition coefficient (Wildman–Crippen LogP) is 4.49. The van der Waals surface area contributed by atoms with Crippen LogP contribution in [0.3, 0.4) is 0 Å². The Morgan fingerprint density at radius 2 is 2.00 bits per heavy atom. The second kappa shape index (κ2) is 6.41. The molecular weight excluding hydrogens is 380 g/mol. The van der Waals surface area contributed by atoms with Crippen LogP contribution in [0, 0.1) is 0 Å². The molecule has 7 heteroatoms. The van der Waals surface area contributed by atoms with Crippen LogP contribution in [0.25, 0.3) is 11.1 Å². The van der Waals surface area contributed by atoms with Crippen molar-refractivity contribution in [2.24, 2.45) is 0 Å². The van der Waals surface area contributed by atoms with Crippen molar-refractivity contribution in [2.45, 2.75) is 24.9 Å². The highest BCUT2D eigenvalue weighted by Crippen LogP contribution is 2.41. The normalized spacial score (nSPS) is 18.2. The molecule has 0 radical (unpaired) electrons. The van der Waals surface area contributed by atoms with Gasteiger partial charge in [-0.25, -0.2) is 0 Å². The number of ether oxygens (including phenoxy) is 2. The van der Waals surface area contributed by atoms with E-state index in [1.54, 1.807) is 25.3 Å². The molecular formula is C21H19ClN2O4. The van der Waals surface area contributed by atoms with Crippen LogP contribution in [-0.2, 0) is 0 Å². The van der Waals surface area contributed by atoms with Gasteiger partial charge in [0.15, 0.2) is 11.4 Å². The first-order valence-electron chi connectivity index (χ1n) is 9.27. The zero-order chi connectivity index (χ0) is 19.3. The van der Waals surface area contributed by atoms with Crippen molar-refractivity contribution in [1.29, 1.82) is 0 Å². The molecule has 5 rings (SSSR count). The quantitative estimate of drug-likeness (QED) is 0.633. The number of fused-ring (bicyclic) bond motifs is 2. The van der Waals surface area contributed by atoms with Crippen molar-refractivity contribution in [3.8, 4) is 11.5 Å². The molecule has 1 saturated heterocycles. The van der Waals surface area contributed by atoms with Crippen LogP contribution in [0.4, 0.5) is 6.01 Å². The average Bonchev–Trinajstić information content (AvgIpc) is 3.11. The molecule has 28 heavy (non-hydrogen) atoms. The average molecular weight is 399 g/mol. The number of hydrogen-bond acceptors (Lipinski definition) is 6. The minimum absolute atomic E-state index is 0.102. The Labute approximate surface area is 167 Å². The fraction of sp³-hybridized carbons (Fsp3) is 0.333. The number of aromatic nitrogens is 1. The summed E-state index contributed by atoms with van der Waals surface area (Å²) in [6.45, 7) is 1.42. The summed E-state index contributed by atoms with van der Waals surface area (Å²) in [5.41, 5.74) is 1.59. The van der Waals surface area contributed by atoms with Crippen molar-refractivity contribution < 1.29 is 18.7 Å². The van der Waals surface area contributed by atoms with Gasteiger partial charge in [-0.15, -0.1) is 0 Å². The highest BCUT2D eigenvalue weighted by atomic mass is 35.5.